The van der Waals surface area contributed by atoms with Crippen molar-refractivity contribution in [1.29, 1.82) is 0 Å². The van der Waals surface area contributed by atoms with Crippen molar-refractivity contribution in [2.75, 3.05) is 5.75 Å². The Balaban J connectivity index is 1.92. The number of nitrogens with zero attached hydrogens (tertiary/aromatic N) is 3. The van der Waals surface area contributed by atoms with E-state index in [2.05, 4.69) is 9.97 Å². The largest absolute Gasteiger partial charge is 0.417 e. The lowest BCUT2D eigenvalue weighted by atomic mass is 9.92. The number of ketones is 1. The Bertz CT molecular complexity index is 1610. The Morgan fingerprint density at radius 2 is 1.63 bits per heavy atom. The lowest BCUT2D eigenvalue weighted by Crippen LogP contribution is -2.23. The summed E-state index contributed by atoms with van der Waals surface area (Å²) in [4.78, 5) is 21.0. The number of rotatable bonds is 4. The molecule has 0 N–H and O–H groups in total. The molecule has 200 valence electrons. The van der Waals surface area contributed by atoms with E-state index in [1.54, 1.807) is 0 Å². The van der Waals surface area contributed by atoms with Gasteiger partial charge >= 0.3 is 12.4 Å². The Kier molecular flexibility index (Phi) is 6.63. The second-order valence-corrected chi connectivity index (χ2v) is 10.6. The fourth-order valence-electron chi connectivity index (χ4n) is 4.10. The number of allylic oxidation sites excluding steroid dienone is 3. The average Bonchev–Trinajstić information content (AvgIpc) is 3.19. The van der Waals surface area contributed by atoms with E-state index in [1.807, 2.05) is 0 Å². The summed E-state index contributed by atoms with van der Waals surface area (Å²) in [5.41, 5.74) is -2.85. The van der Waals surface area contributed by atoms with Crippen LogP contribution < -0.4 is 0 Å². The maximum atomic E-state index is 13.6. The summed E-state index contributed by atoms with van der Waals surface area (Å²) in [6.07, 6.45) is -6.40. The number of alkyl halides is 6. The molecule has 0 fully saturated rings. The van der Waals surface area contributed by atoms with Gasteiger partial charge in [-0.15, -0.1) is 0 Å². The van der Waals surface area contributed by atoms with Crippen LogP contribution in [0, 0.1) is 0 Å². The Labute approximate surface area is 213 Å². The Morgan fingerprint density at radius 1 is 1.00 bits per heavy atom. The van der Waals surface area contributed by atoms with Gasteiger partial charge in [-0.3, -0.25) is 9.78 Å². The van der Waals surface area contributed by atoms with Gasteiger partial charge in [-0.2, -0.15) is 26.3 Å². The summed E-state index contributed by atoms with van der Waals surface area (Å²) in [6.45, 7) is 2.66. The quantitative estimate of drug-likeness (QED) is 0.289. The summed E-state index contributed by atoms with van der Waals surface area (Å²) >= 11 is 0. The summed E-state index contributed by atoms with van der Waals surface area (Å²) in [7, 11) is -2.65. The Morgan fingerprint density at radius 3 is 2.16 bits per heavy atom. The van der Waals surface area contributed by atoms with Gasteiger partial charge in [0.2, 0.25) is 5.78 Å². The maximum absolute atomic E-state index is 13.6. The van der Waals surface area contributed by atoms with Crippen LogP contribution in [-0.2, 0) is 23.1 Å². The third kappa shape index (κ3) is 4.66. The van der Waals surface area contributed by atoms with Gasteiger partial charge in [-0.25, -0.2) is 13.4 Å². The van der Waals surface area contributed by atoms with Crippen molar-refractivity contribution in [3.05, 3.63) is 70.7 Å². The molecule has 2 heterocycles. The number of aromatic nitrogens is 3. The van der Waals surface area contributed by atoms with Crippen LogP contribution in [0.5, 0.6) is 0 Å². The lowest BCUT2D eigenvalue weighted by Gasteiger charge is -2.18. The topological polar surface area (TPSA) is 81.9 Å². The van der Waals surface area contributed by atoms with Gasteiger partial charge in [-0.1, -0.05) is 25.1 Å². The predicted octanol–water partition coefficient (Wildman–Crippen LogP) is 6.05. The second kappa shape index (κ2) is 9.22. The number of pyridine rings is 1. The highest BCUT2D eigenvalue weighted by Gasteiger charge is 2.43. The van der Waals surface area contributed by atoms with Gasteiger partial charge in [0.05, 0.1) is 27.5 Å². The maximum Gasteiger partial charge on any atom is 0.417 e. The molecular formula is C25H19F6N3O3S. The summed E-state index contributed by atoms with van der Waals surface area (Å²) < 4.78 is 107. The van der Waals surface area contributed by atoms with Crippen LogP contribution in [0.3, 0.4) is 0 Å². The van der Waals surface area contributed by atoms with E-state index in [4.69, 9.17) is 0 Å². The highest BCUT2D eigenvalue weighted by atomic mass is 32.2. The molecular weight excluding hydrogens is 536 g/mol. The van der Waals surface area contributed by atoms with Crippen molar-refractivity contribution >= 4 is 21.7 Å². The number of fused-ring (bicyclic) bond motifs is 1. The third-order valence-electron chi connectivity index (χ3n) is 6.07. The molecule has 1 aliphatic rings. The van der Waals surface area contributed by atoms with Crippen LogP contribution in [0.4, 0.5) is 26.3 Å². The molecule has 0 atom stereocenters. The fraction of sp³-hybridized carbons (Fsp3) is 0.240. The van der Waals surface area contributed by atoms with E-state index < -0.39 is 44.7 Å². The van der Waals surface area contributed by atoms with Crippen LogP contribution in [0.2, 0.25) is 0 Å². The number of Topliss-reactive ketones (excluding diaryl/α,β-unsaturated/α-hetero) is 1. The summed E-state index contributed by atoms with van der Waals surface area (Å²) in [5, 5.41) is 0. The van der Waals surface area contributed by atoms with Gasteiger partial charge in [0, 0.05) is 24.4 Å². The zero-order valence-electron chi connectivity index (χ0n) is 20.1. The first-order chi connectivity index (χ1) is 17.6. The highest BCUT2D eigenvalue weighted by molar-refractivity contribution is 7.91. The molecule has 1 aliphatic carbocycles. The number of hydrogen-bond acceptors (Lipinski definition) is 5. The number of imidazole rings is 1. The smallest absolute Gasteiger partial charge is 0.323 e. The van der Waals surface area contributed by atoms with Crippen molar-refractivity contribution in [3.8, 4) is 22.6 Å². The molecule has 38 heavy (non-hydrogen) atoms. The van der Waals surface area contributed by atoms with Crippen molar-refractivity contribution in [1.82, 2.24) is 14.5 Å². The first kappa shape index (κ1) is 27.3. The number of sulfone groups is 1. The van der Waals surface area contributed by atoms with Crippen LogP contribution in [0.1, 0.15) is 35.6 Å². The van der Waals surface area contributed by atoms with Gasteiger partial charge < -0.3 is 4.57 Å². The van der Waals surface area contributed by atoms with Crippen molar-refractivity contribution < 1.29 is 39.6 Å². The molecule has 6 nitrogen and oxygen atoms in total. The number of halogens is 6. The fourth-order valence-corrected chi connectivity index (χ4v) is 5.16. The molecule has 0 spiro atoms. The minimum atomic E-state index is -4.83. The normalized spacial score (nSPS) is 15.6. The van der Waals surface area contributed by atoms with E-state index in [-0.39, 0.29) is 44.7 Å². The molecule has 1 aromatic carbocycles. The van der Waals surface area contributed by atoms with Crippen molar-refractivity contribution in [2.45, 2.75) is 31.1 Å². The molecule has 0 radical (unpaired) electrons. The zero-order chi connectivity index (χ0) is 28.2. The second-order valence-electron chi connectivity index (χ2n) is 8.36. The number of hydrogen-bond donors (Lipinski definition) is 0. The molecule has 0 saturated carbocycles. The predicted molar refractivity (Wildman–Crippen MR) is 127 cm³/mol. The SMILES string of the molecule is C/C=C1/C(=O)c2c(nc(-c3ncc(-c4ccc(C(F)(F)F)cc4)cc3S(=O)(=O)CC)n2C)C=C1C(F)(F)F. The molecule has 0 unspecified atom stereocenters. The number of carbonyl (C=O) groups is 1. The third-order valence-corrected chi connectivity index (χ3v) is 7.81. The highest BCUT2D eigenvalue weighted by Crippen LogP contribution is 2.40. The van der Waals surface area contributed by atoms with Gasteiger partial charge in [0.25, 0.3) is 0 Å². The van der Waals surface area contributed by atoms with Gasteiger partial charge in [0.15, 0.2) is 15.7 Å². The van der Waals surface area contributed by atoms with Crippen LogP contribution in [-0.4, -0.2) is 40.7 Å². The molecule has 4 rings (SSSR count). The summed E-state index contributed by atoms with van der Waals surface area (Å²) in [6, 6.07) is 5.25. The van der Waals surface area contributed by atoms with Crippen molar-refractivity contribution in [3.63, 3.8) is 0 Å². The zero-order valence-corrected chi connectivity index (χ0v) is 20.9. The van der Waals surface area contributed by atoms with Gasteiger partial charge in [-0.05, 0) is 36.8 Å². The van der Waals surface area contributed by atoms with E-state index in [0.29, 0.717) is 0 Å². The average molecular weight is 556 g/mol. The molecule has 3 aromatic rings. The number of carbonyl (C=O) groups excluding carboxylic acids is 1. The monoisotopic (exact) mass is 555 g/mol. The first-order valence-corrected chi connectivity index (χ1v) is 12.7. The molecule has 13 heteroatoms. The van der Waals surface area contributed by atoms with Crippen molar-refractivity contribution in [2.24, 2.45) is 7.05 Å². The Hall–Kier alpha value is -3.74. The van der Waals surface area contributed by atoms with E-state index in [0.717, 1.165) is 24.3 Å². The minimum Gasteiger partial charge on any atom is -0.323 e. The first-order valence-electron chi connectivity index (χ1n) is 11.1. The van der Waals surface area contributed by atoms with E-state index in [1.165, 1.54) is 49.9 Å². The van der Waals surface area contributed by atoms with Gasteiger partial charge in [0.1, 0.15) is 11.4 Å². The molecule has 0 saturated heterocycles. The van der Waals surface area contributed by atoms with Crippen LogP contribution in [0.15, 0.2) is 58.6 Å². The molecule has 2 aromatic heterocycles. The summed E-state index contributed by atoms with van der Waals surface area (Å²) in [5.74, 6) is -1.47. The molecule has 0 bridgehead atoms. The minimum absolute atomic E-state index is 0.163. The van der Waals surface area contributed by atoms with Crippen LogP contribution >= 0.6 is 0 Å². The van der Waals surface area contributed by atoms with Crippen LogP contribution in [0.25, 0.3) is 28.7 Å². The number of benzene rings is 1. The van der Waals surface area contributed by atoms with E-state index in [9.17, 15) is 39.6 Å². The molecule has 0 aliphatic heterocycles. The molecule has 0 amide bonds. The standard InChI is InChI=1S/C25H19F6N3O3S/c1-4-16-17(25(29,30)31)11-18-21(22(16)35)34(3)23(33-18)20-19(38(36,37)5-2)10-14(12-32-20)13-6-8-15(9-7-13)24(26,27)28/h4,6-12H,5H2,1-3H3/b16-4+. The van der Waals surface area contributed by atoms with E-state index >= 15 is 0 Å². The lowest BCUT2D eigenvalue weighted by molar-refractivity contribution is -0.137.